The lowest BCUT2D eigenvalue weighted by atomic mass is 9.78. The first-order valence-corrected chi connectivity index (χ1v) is 6.04. The summed E-state index contributed by atoms with van der Waals surface area (Å²) in [4.78, 5) is 0. The molecule has 2 nitrogen and oxygen atoms in total. The van der Waals surface area contributed by atoms with Crippen LogP contribution in [-0.4, -0.2) is 17.3 Å². The summed E-state index contributed by atoms with van der Waals surface area (Å²) in [6, 6.07) is 7.81. The van der Waals surface area contributed by atoms with Gasteiger partial charge < -0.3 is 10.8 Å². The predicted molar refractivity (Wildman–Crippen MR) is 66.7 cm³/mol. The third kappa shape index (κ3) is 1.97. The first-order chi connectivity index (χ1) is 7.49. The molecule has 0 saturated heterocycles. The van der Waals surface area contributed by atoms with E-state index in [1.54, 1.807) is 0 Å². The molecular formula is C13H18ClNO. The zero-order chi connectivity index (χ0) is 11.8. The van der Waals surface area contributed by atoms with Crippen LogP contribution in [0.15, 0.2) is 24.3 Å². The second-order valence-electron chi connectivity index (χ2n) is 5.14. The highest BCUT2D eigenvalue weighted by molar-refractivity contribution is 6.31. The van der Waals surface area contributed by atoms with E-state index < -0.39 is 5.60 Å². The maximum absolute atomic E-state index is 10.1. The highest BCUT2D eigenvalue weighted by atomic mass is 35.5. The second-order valence-corrected chi connectivity index (χ2v) is 5.55. The third-order valence-corrected chi connectivity index (χ3v) is 4.03. The van der Waals surface area contributed by atoms with Crippen LogP contribution in [-0.2, 0) is 5.41 Å². The van der Waals surface area contributed by atoms with Gasteiger partial charge >= 0.3 is 0 Å². The van der Waals surface area contributed by atoms with E-state index in [0.717, 1.165) is 23.4 Å². The van der Waals surface area contributed by atoms with Crippen molar-refractivity contribution in [3.05, 3.63) is 34.9 Å². The van der Waals surface area contributed by atoms with Crippen molar-refractivity contribution in [3.63, 3.8) is 0 Å². The molecule has 1 aliphatic carbocycles. The average Bonchev–Trinajstić information content (AvgIpc) is 2.56. The minimum Gasteiger partial charge on any atom is -0.390 e. The Morgan fingerprint density at radius 1 is 1.38 bits per heavy atom. The number of nitrogens with two attached hydrogens (primary N) is 1. The topological polar surface area (TPSA) is 46.2 Å². The molecule has 0 bridgehead atoms. The van der Waals surface area contributed by atoms with Crippen molar-refractivity contribution in [2.24, 2.45) is 5.73 Å². The van der Waals surface area contributed by atoms with Crippen molar-refractivity contribution in [2.75, 3.05) is 6.54 Å². The van der Waals surface area contributed by atoms with Gasteiger partial charge in [-0.3, -0.25) is 0 Å². The second kappa shape index (κ2) is 4.02. The van der Waals surface area contributed by atoms with Gasteiger partial charge in [-0.2, -0.15) is 0 Å². The summed E-state index contributed by atoms with van der Waals surface area (Å²) in [5, 5.41) is 10.9. The first kappa shape index (κ1) is 11.9. The van der Waals surface area contributed by atoms with Gasteiger partial charge in [0.25, 0.3) is 0 Å². The van der Waals surface area contributed by atoms with Crippen molar-refractivity contribution in [3.8, 4) is 0 Å². The molecule has 1 aliphatic rings. The van der Waals surface area contributed by atoms with E-state index >= 15 is 0 Å². The molecule has 1 fully saturated rings. The minimum atomic E-state index is -0.613. The average molecular weight is 240 g/mol. The van der Waals surface area contributed by atoms with Crippen LogP contribution in [0.2, 0.25) is 5.02 Å². The Labute approximate surface area is 101 Å². The smallest absolute Gasteiger partial charge is 0.0629 e. The van der Waals surface area contributed by atoms with Gasteiger partial charge in [0.05, 0.1) is 5.60 Å². The Kier molecular flexibility index (Phi) is 2.99. The summed E-state index contributed by atoms with van der Waals surface area (Å²) in [7, 11) is 0. The molecule has 2 unspecified atom stereocenters. The molecule has 0 heterocycles. The van der Waals surface area contributed by atoms with Crippen molar-refractivity contribution >= 4 is 11.6 Å². The van der Waals surface area contributed by atoms with E-state index in [1.807, 2.05) is 31.2 Å². The van der Waals surface area contributed by atoms with Crippen LogP contribution in [0.25, 0.3) is 0 Å². The quantitative estimate of drug-likeness (QED) is 0.833. The fraction of sp³-hybridized carbons (Fsp3) is 0.538. The van der Waals surface area contributed by atoms with Gasteiger partial charge in [-0.25, -0.2) is 0 Å². The lowest BCUT2D eigenvalue weighted by Gasteiger charge is -2.30. The largest absolute Gasteiger partial charge is 0.390 e. The van der Waals surface area contributed by atoms with Gasteiger partial charge in [-0.15, -0.1) is 0 Å². The van der Waals surface area contributed by atoms with Crippen molar-refractivity contribution in [2.45, 2.75) is 37.2 Å². The van der Waals surface area contributed by atoms with Crippen molar-refractivity contribution in [1.82, 2.24) is 0 Å². The summed E-state index contributed by atoms with van der Waals surface area (Å²) in [6.07, 6.45) is 2.38. The monoisotopic (exact) mass is 239 g/mol. The Hall–Kier alpha value is -0.570. The fourth-order valence-electron chi connectivity index (χ4n) is 2.82. The van der Waals surface area contributed by atoms with Gasteiger partial charge in [-0.1, -0.05) is 29.8 Å². The Bertz CT molecular complexity index is 391. The number of aliphatic hydroxyl groups is 1. The molecule has 0 radical (unpaired) electrons. The maximum atomic E-state index is 10.1. The Morgan fingerprint density at radius 3 is 2.56 bits per heavy atom. The molecule has 1 aromatic rings. The van der Waals surface area contributed by atoms with E-state index in [9.17, 15) is 5.11 Å². The van der Waals surface area contributed by atoms with Crippen LogP contribution < -0.4 is 5.73 Å². The number of benzene rings is 1. The van der Waals surface area contributed by atoms with Gasteiger partial charge in [0, 0.05) is 17.0 Å². The highest BCUT2D eigenvalue weighted by Gasteiger charge is 2.45. The Morgan fingerprint density at radius 2 is 2.06 bits per heavy atom. The maximum Gasteiger partial charge on any atom is 0.0629 e. The van der Waals surface area contributed by atoms with E-state index in [0.29, 0.717) is 13.0 Å². The number of hydrogen-bond donors (Lipinski definition) is 2. The molecule has 88 valence electrons. The van der Waals surface area contributed by atoms with Crippen LogP contribution in [0.4, 0.5) is 0 Å². The fourth-order valence-corrected chi connectivity index (χ4v) is 3.16. The van der Waals surface area contributed by atoms with Crippen molar-refractivity contribution in [1.29, 1.82) is 0 Å². The van der Waals surface area contributed by atoms with Gasteiger partial charge in [0.2, 0.25) is 0 Å². The standard InChI is InChI=1S/C13H18ClNO/c1-12(16)6-7-13(8-12,9-15)10-4-2-3-5-11(10)14/h2-5,16H,6-9,15H2,1H3. The molecule has 0 amide bonds. The molecule has 1 aromatic carbocycles. The zero-order valence-electron chi connectivity index (χ0n) is 9.54. The summed E-state index contributed by atoms with van der Waals surface area (Å²) < 4.78 is 0. The van der Waals surface area contributed by atoms with E-state index in [4.69, 9.17) is 17.3 Å². The lowest BCUT2D eigenvalue weighted by molar-refractivity contribution is 0.0612. The zero-order valence-corrected chi connectivity index (χ0v) is 10.3. The number of hydrogen-bond acceptors (Lipinski definition) is 2. The van der Waals surface area contributed by atoms with Gasteiger partial charge in [0.15, 0.2) is 0 Å². The summed E-state index contributed by atoms with van der Waals surface area (Å²) in [6.45, 7) is 2.41. The van der Waals surface area contributed by atoms with Crippen LogP contribution in [0.3, 0.4) is 0 Å². The molecule has 3 N–H and O–H groups in total. The summed E-state index contributed by atoms with van der Waals surface area (Å²) in [5.74, 6) is 0. The molecule has 16 heavy (non-hydrogen) atoms. The van der Waals surface area contributed by atoms with Crippen LogP contribution >= 0.6 is 11.6 Å². The number of halogens is 1. The van der Waals surface area contributed by atoms with E-state index in [1.165, 1.54) is 0 Å². The molecule has 2 atom stereocenters. The number of rotatable bonds is 2. The lowest BCUT2D eigenvalue weighted by Crippen LogP contribution is -2.35. The summed E-state index contributed by atoms with van der Waals surface area (Å²) in [5.41, 5.74) is 6.24. The Balaban J connectivity index is 2.41. The van der Waals surface area contributed by atoms with Crippen LogP contribution in [0.1, 0.15) is 31.7 Å². The van der Waals surface area contributed by atoms with Crippen LogP contribution in [0, 0.1) is 0 Å². The van der Waals surface area contributed by atoms with Gasteiger partial charge in [0.1, 0.15) is 0 Å². The van der Waals surface area contributed by atoms with Gasteiger partial charge in [-0.05, 0) is 37.8 Å². The SMILES string of the molecule is CC1(O)CCC(CN)(c2ccccc2Cl)C1. The molecule has 2 rings (SSSR count). The molecule has 0 spiro atoms. The van der Waals surface area contributed by atoms with Crippen molar-refractivity contribution < 1.29 is 5.11 Å². The predicted octanol–water partition coefficient (Wildman–Crippen LogP) is 2.47. The molecule has 0 aliphatic heterocycles. The minimum absolute atomic E-state index is 0.151. The first-order valence-electron chi connectivity index (χ1n) is 5.67. The molecule has 1 saturated carbocycles. The normalized spacial score (nSPS) is 34.2. The van der Waals surface area contributed by atoms with Crippen LogP contribution in [0.5, 0.6) is 0 Å². The third-order valence-electron chi connectivity index (χ3n) is 3.70. The van der Waals surface area contributed by atoms with E-state index in [-0.39, 0.29) is 5.41 Å². The molecular weight excluding hydrogens is 222 g/mol. The molecule has 3 heteroatoms. The highest BCUT2D eigenvalue weighted by Crippen LogP contribution is 2.47. The van der Waals surface area contributed by atoms with E-state index in [2.05, 4.69) is 0 Å². The molecule has 0 aromatic heterocycles. The summed E-state index contributed by atoms with van der Waals surface area (Å²) >= 11 is 6.23.